The number of halogens is 2. The van der Waals surface area contributed by atoms with Crippen LogP contribution >= 0.6 is 11.6 Å². The fourth-order valence-electron chi connectivity index (χ4n) is 3.83. The van der Waals surface area contributed by atoms with Crippen LogP contribution in [0.15, 0.2) is 64.3 Å². The highest BCUT2D eigenvalue weighted by Crippen LogP contribution is 2.30. The van der Waals surface area contributed by atoms with E-state index >= 15 is 0 Å². The zero-order valence-corrected chi connectivity index (χ0v) is 18.1. The molecule has 0 atom stereocenters. The van der Waals surface area contributed by atoms with Crippen LogP contribution in [0.3, 0.4) is 0 Å². The predicted molar refractivity (Wildman–Crippen MR) is 123 cm³/mol. The highest BCUT2D eigenvalue weighted by molar-refractivity contribution is 6.30. The molecule has 0 bridgehead atoms. The van der Waals surface area contributed by atoms with Crippen molar-refractivity contribution in [2.24, 2.45) is 7.05 Å². The summed E-state index contributed by atoms with van der Waals surface area (Å²) in [7, 11) is 1.56. The van der Waals surface area contributed by atoms with Crippen molar-refractivity contribution < 1.29 is 9.50 Å². The van der Waals surface area contributed by atoms with Gasteiger partial charge in [-0.05, 0) is 53.8 Å². The topological polar surface area (TPSA) is 77.1 Å². The van der Waals surface area contributed by atoms with Gasteiger partial charge in [0, 0.05) is 37.0 Å². The predicted octanol–water partition coefficient (Wildman–Crippen LogP) is 3.53. The molecule has 2 aromatic heterocycles. The molecule has 0 amide bonds. The van der Waals surface area contributed by atoms with E-state index in [0.29, 0.717) is 33.5 Å². The summed E-state index contributed by atoms with van der Waals surface area (Å²) in [5.74, 6) is -0.402. The summed E-state index contributed by atoms with van der Waals surface area (Å²) < 4.78 is 16.4. The molecule has 0 fully saturated rings. The van der Waals surface area contributed by atoms with Gasteiger partial charge in [-0.2, -0.15) is 0 Å². The molecule has 4 rings (SSSR count). The molecule has 32 heavy (non-hydrogen) atoms. The lowest BCUT2D eigenvalue weighted by atomic mass is 9.94. The molecule has 0 spiro atoms. The molecule has 2 heterocycles. The van der Waals surface area contributed by atoms with E-state index in [9.17, 15) is 19.1 Å². The van der Waals surface area contributed by atoms with Crippen LogP contribution < -0.4 is 11.2 Å². The van der Waals surface area contributed by atoms with Crippen molar-refractivity contribution in [3.8, 4) is 11.1 Å². The van der Waals surface area contributed by atoms with Crippen molar-refractivity contribution in [3.63, 3.8) is 0 Å². The average molecular weight is 454 g/mol. The Kier molecular flexibility index (Phi) is 6.21. The van der Waals surface area contributed by atoms with Gasteiger partial charge in [-0.3, -0.25) is 13.9 Å². The molecule has 0 radical (unpaired) electrons. The SMILES string of the molecule is Cn1c(=O)n(CCCO)c(=O)c2c(Cc3ccc(Cl)cc3)c(-c3cccc(F)c3)cnc21. The lowest BCUT2D eigenvalue weighted by molar-refractivity contribution is 0.277. The third-order valence-electron chi connectivity index (χ3n) is 5.43. The Labute approximate surface area is 188 Å². The van der Waals surface area contributed by atoms with Crippen molar-refractivity contribution in [2.45, 2.75) is 19.4 Å². The smallest absolute Gasteiger partial charge is 0.332 e. The first-order valence-electron chi connectivity index (χ1n) is 10.1. The Morgan fingerprint density at radius 2 is 1.88 bits per heavy atom. The third kappa shape index (κ3) is 4.09. The van der Waals surface area contributed by atoms with Gasteiger partial charge in [0.05, 0.1) is 5.39 Å². The second-order valence-corrected chi connectivity index (χ2v) is 7.97. The number of aromatic nitrogens is 3. The number of hydrogen-bond donors (Lipinski definition) is 1. The fourth-order valence-corrected chi connectivity index (χ4v) is 3.96. The zero-order valence-electron chi connectivity index (χ0n) is 17.4. The maximum Gasteiger partial charge on any atom is 0.332 e. The van der Waals surface area contributed by atoms with E-state index in [0.717, 1.165) is 10.1 Å². The number of pyridine rings is 1. The molecule has 0 saturated heterocycles. The average Bonchev–Trinajstić information content (AvgIpc) is 2.79. The summed E-state index contributed by atoms with van der Waals surface area (Å²) in [6.07, 6.45) is 2.19. The summed E-state index contributed by atoms with van der Waals surface area (Å²) in [5.41, 5.74) is 2.00. The largest absolute Gasteiger partial charge is 0.396 e. The lowest BCUT2D eigenvalue weighted by Gasteiger charge is -2.16. The molecule has 0 aliphatic rings. The van der Waals surface area contributed by atoms with Crippen molar-refractivity contribution in [1.29, 1.82) is 0 Å². The molecule has 0 unspecified atom stereocenters. The lowest BCUT2D eigenvalue weighted by Crippen LogP contribution is -2.40. The third-order valence-corrected chi connectivity index (χ3v) is 5.68. The number of hydrogen-bond acceptors (Lipinski definition) is 4. The van der Waals surface area contributed by atoms with Crippen LogP contribution in [0.2, 0.25) is 5.02 Å². The molecule has 8 heteroatoms. The van der Waals surface area contributed by atoms with E-state index in [1.165, 1.54) is 16.7 Å². The van der Waals surface area contributed by atoms with Gasteiger partial charge >= 0.3 is 5.69 Å². The molecule has 1 N–H and O–H groups in total. The quantitative estimate of drug-likeness (QED) is 0.484. The molecule has 0 saturated carbocycles. The van der Waals surface area contributed by atoms with E-state index < -0.39 is 17.1 Å². The highest BCUT2D eigenvalue weighted by Gasteiger charge is 2.20. The Morgan fingerprint density at radius 1 is 1.12 bits per heavy atom. The number of aliphatic hydroxyl groups is 1. The summed E-state index contributed by atoms with van der Waals surface area (Å²) in [4.78, 5) is 30.6. The minimum absolute atomic E-state index is 0.0858. The first-order chi connectivity index (χ1) is 15.4. The summed E-state index contributed by atoms with van der Waals surface area (Å²) in [6, 6.07) is 13.3. The van der Waals surface area contributed by atoms with Crippen LogP contribution in [0.5, 0.6) is 0 Å². The maximum atomic E-state index is 14.0. The van der Waals surface area contributed by atoms with Crippen molar-refractivity contribution in [3.05, 3.63) is 97.5 Å². The number of rotatable bonds is 6. The summed E-state index contributed by atoms with van der Waals surface area (Å²) >= 11 is 6.02. The van der Waals surface area contributed by atoms with Crippen LogP contribution in [-0.4, -0.2) is 25.8 Å². The number of benzene rings is 2. The van der Waals surface area contributed by atoms with Crippen LogP contribution in [0, 0.1) is 5.82 Å². The van der Waals surface area contributed by atoms with Gasteiger partial charge in [0.2, 0.25) is 0 Å². The van der Waals surface area contributed by atoms with E-state index in [2.05, 4.69) is 4.98 Å². The van der Waals surface area contributed by atoms with Gasteiger partial charge in [-0.1, -0.05) is 35.9 Å². The van der Waals surface area contributed by atoms with Gasteiger partial charge in [0.1, 0.15) is 11.5 Å². The van der Waals surface area contributed by atoms with Crippen LogP contribution in [-0.2, 0) is 20.0 Å². The first kappa shape index (κ1) is 21.9. The number of nitrogens with zero attached hydrogens (tertiary/aromatic N) is 3. The van der Waals surface area contributed by atoms with Gasteiger partial charge in [-0.25, -0.2) is 14.2 Å². The van der Waals surface area contributed by atoms with E-state index in [1.54, 1.807) is 37.5 Å². The summed E-state index contributed by atoms with van der Waals surface area (Å²) in [6.45, 7) is -0.0601. The number of fused-ring (bicyclic) bond motifs is 1. The normalized spacial score (nSPS) is 11.2. The molecule has 0 aliphatic carbocycles. The van der Waals surface area contributed by atoms with Crippen molar-refractivity contribution >= 4 is 22.6 Å². The Morgan fingerprint density at radius 3 is 2.56 bits per heavy atom. The molecule has 2 aromatic carbocycles. The number of aliphatic hydroxyl groups excluding tert-OH is 1. The Balaban J connectivity index is 2.06. The van der Waals surface area contributed by atoms with E-state index in [-0.39, 0.29) is 25.2 Å². The molecular weight excluding hydrogens is 433 g/mol. The number of aryl methyl sites for hydroxylation is 1. The van der Waals surface area contributed by atoms with E-state index in [4.69, 9.17) is 11.6 Å². The second kappa shape index (κ2) is 9.06. The van der Waals surface area contributed by atoms with Gasteiger partial charge < -0.3 is 5.11 Å². The molecule has 4 aromatic rings. The Hall–Kier alpha value is -3.29. The molecular formula is C24H21ClFN3O3. The van der Waals surface area contributed by atoms with Gasteiger partial charge in [-0.15, -0.1) is 0 Å². The zero-order chi connectivity index (χ0) is 22.8. The Bertz CT molecular complexity index is 1410. The van der Waals surface area contributed by atoms with Gasteiger partial charge in [0.15, 0.2) is 0 Å². The summed E-state index contributed by atoms with van der Waals surface area (Å²) in [5, 5.41) is 10.1. The van der Waals surface area contributed by atoms with Crippen LogP contribution in [0.25, 0.3) is 22.2 Å². The second-order valence-electron chi connectivity index (χ2n) is 7.54. The first-order valence-corrected chi connectivity index (χ1v) is 10.5. The molecule has 164 valence electrons. The van der Waals surface area contributed by atoms with Crippen molar-refractivity contribution in [2.75, 3.05) is 6.61 Å². The minimum atomic E-state index is -0.501. The van der Waals surface area contributed by atoms with Crippen LogP contribution in [0.1, 0.15) is 17.5 Å². The fraction of sp³-hybridized carbons (Fsp3) is 0.208. The van der Waals surface area contributed by atoms with E-state index in [1.807, 2.05) is 12.1 Å². The van der Waals surface area contributed by atoms with Crippen LogP contribution in [0.4, 0.5) is 4.39 Å². The highest BCUT2D eigenvalue weighted by atomic mass is 35.5. The molecule has 0 aliphatic heterocycles. The van der Waals surface area contributed by atoms with Gasteiger partial charge in [0.25, 0.3) is 5.56 Å². The molecule has 6 nitrogen and oxygen atoms in total. The standard InChI is InChI=1S/C24H21ClFN3O3/c1-28-22-21(23(31)29(24(28)32)10-3-11-30)19(12-15-6-8-17(25)9-7-15)20(14-27-22)16-4-2-5-18(26)13-16/h2,4-9,13-14,30H,3,10-12H2,1H3. The maximum absolute atomic E-state index is 14.0. The monoisotopic (exact) mass is 453 g/mol. The minimum Gasteiger partial charge on any atom is -0.396 e. The van der Waals surface area contributed by atoms with Crippen molar-refractivity contribution in [1.82, 2.24) is 14.1 Å².